The van der Waals surface area contributed by atoms with Crippen LogP contribution in [0, 0.1) is 23.7 Å². The molecule has 19 heavy (non-hydrogen) atoms. The zero-order valence-corrected chi connectivity index (χ0v) is 12.5. The van der Waals surface area contributed by atoms with Crippen LogP contribution >= 0.6 is 0 Å². The fourth-order valence-electron chi connectivity index (χ4n) is 6.10. The molecule has 1 heterocycles. The molecule has 3 saturated carbocycles. The topological polar surface area (TPSA) is 21.3 Å². The van der Waals surface area contributed by atoms with Gasteiger partial charge in [0.25, 0.3) is 0 Å². The lowest BCUT2D eigenvalue weighted by Crippen LogP contribution is -2.49. The number of hydrogen-bond donors (Lipinski definition) is 1. The fourth-order valence-corrected chi connectivity index (χ4v) is 6.10. The van der Waals surface area contributed by atoms with Crippen molar-refractivity contribution in [2.24, 2.45) is 23.7 Å². The van der Waals surface area contributed by atoms with Gasteiger partial charge in [-0.05, 0) is 76.0 Å². The molecule has 1 N–H and O–H groups in total. The molecular weight excluding hydrogens is 234 g/mol. The molecule has 4 rings (SSSR count). The summed E-state index contributed by atoms with van der Waals surface area (Å²) in [5.74, 6) is 4.30. The van der Waals surface area contributed by atoms with Gasteiger partial charge in [-0.25, -0.2) is 0 Å². The smallest absolute Gasteiger partial charge is 0.0565 e. The summed E-state index contributed by atoms with van der Waals surface area (Å²) in [5.41, 5.74) is 0. The van der Waals surface area contributed by atoms with Crippen molar-refractivity contribution in [2.45, 2.75) is 83.1 Å². The number of nitrogens with one attached hydrogen (secondary N) is 1. The van der Waals surface area contributed by atoms with Crippen molar-refractivity contribution in [3.8, 4) is 0 Å². The quantitative estimate of drug-likeness (QED) is 0.825. The van der Waals surface area contributed by atoms with Gasteiger partial charge in [0.2, 0.25) is 0 Å². The highest BCUT2D eigenvalue weighted by Gasteiger charge is 2.53. The standard InChI is InChI=1S/C17H29NO/c1-10-6-13(7-11(2)19-10)18-17-9-12-8-16(17)15-5-3-4-14(12)15/h10-18H,3-9H2,1-2H3. The van der Waals surface area contributed by atoms with Gasteiger partial charge in [0.1, 0.15) is 0 Å². The van der Waals surface area contributed by atoms with E-state index in [1.165, 1.54) is 32.1 Å². The molecule has 7 unspecified atom stereocenters. The van der Waals surface area contributed by atoms with Crippen molar-refractivity contribution < 1.29 is 4.74 Å². The van der Waals surface area contributed by atoms with Crippen LogP contribution in [-0.2, 0) is 4.74 Å². The van der Waals surface area contributed by atoms with E-state index in [0.717, 1.165) is 29.7 Å². The van der Waals surface area contributed by atoms with Gasteiger partial charge in [-0.15, -0.1) is 0 Å². The highest BCUT2D eigenvalue weighted by molar-refractivity contribution is 5.06. The Kier molecular flexibility index (Phi) is 3.15. The summed E-state index contributed by atoms with van der Waals surface area (Å²) in [7, 11) is 0. The van der Waals surface area contributed by atoms with Gasteiger partial charge >= 0.3 is 0 Å². The summed E-state index contributed by atoms with van der Waals surface area (Å²) >= 11 is 0. The van der Waals surface area contributed by atoms with E-state index in [4.69, 9.17) is 4.74 Å². The highest BCUT2D eigenvalue weighted by Crippen LogP contribution is 2.58. The Morgan fingerprint density at radius 1 is 0.842 bits per heavy atom. The number of fused-ring (bicyclic) bond motifs is 5. The van der Waals surface area contributed by atoms with Crippen molar-refractivity contribution in [1.29, 1.82) is 0 Å². The van der Waals surface area contributed by atoms with E-state index in [9.17, 15) is 0 Å². The molecular formula is C17H29NO. The second-order valence-electron chi connectivity index (χ2n) is 7.85. The van der Waals surface area contributed by atoms with Crippen molar-refractivity contribution in [3.05, 3.63) is 0 Å². The van der Waals surface area contributed by atoms with Crippen LogP contribution < -0.4 is 5.32 Å². The fraction of sp³-hybridized carbons (Fsp3) is 1.00. The van der Waals surface area contributed by atoms with Gasteiger partial charge in [0, 0.05) is 12.1 Å². The normalized spacial score (nSPS) is 56.5. The minimum Gasteiger partial charge on any atom is -0.375 e. The molecule has 7 atom stereocenters. The Morgan fingerprint density at radius 2 is 1.58 bits per heavy atom. The Hall–Kier alpha value is -0.0800. The van der Waals surface area contributed by atoms with E-state index in [0.29, 0.717) is 18.2 Å². The van der Waals surface area contributed by atoms with Crippen LogP contribution in [0.1, 0.15) is 58.8 Å². The monoisotopic (exact) mass is 263 g/mol. The van der Waals surface area contributed by atoms with E-state index in [-0.39, 0.29) is 0 Å². The van der Waals surface area contributed by atoms with Crippen LogP contribution in [0.4, 0.5) is 0 Å². The molecule has 108 valence electrons. The zero-order chi connectivity index (χ0) is 13.0. The molecule has 4 aliphatic rings. The lowest BCUT2D eigenvalue weighted by Gasteiger charge is -2.38. The predicted octanol–water partition coefficient (Wildman–Crippen LogP) is 3.36. The van der Waals surface area contributed by atoms with Crippen LogP contribution in [0.2, 0.25) is 0 Å². The summed E-state index contributed by atoms with van der Waals surface area (Å²) < 4.78 is 5.87. The van der Waals surface area contributed by atoms with Gasteiger partial charge in [-0.3, -0.25) is 0 Å². The van der Waals surface area contributed by atoms with E-state index >= 15 is 0 Å². The Bertz CT molecular complexity index is 334. The molecule has 2 bridgehead atoms. The number of hydrogen-bond acceptors (Lipinski definition) is 2. The molecule has 1 aliphatic heterocycles. The molecule has 0 spiro atoms. The van der Waals surface area contributed by atoms with Gasteiger partial charge in [0.05, 0.1) is 12.2 Å². The minimum absolute atomic E-state index is 0.444. The van der Waals surface area contributed by atoms with Crippen LogP contribution in [0.15, 0.2) is 0 Å². The van der Waals surface area contributed by atoms with Crippen LogP contribution in [0.5, 0.6) is 0 Å². The summed E-state index contributed by atoms with van der Waals surface area (Å²) in [4.78, 5) is 0. The average molecular weight is 263 g/mol. The van der Waals surface area contributed by atoms with E-state index < -0.39 is 0 Å². The molecule has 0 amide bonds. The van der Waals surface area contributed by atoms with Gasteiger partial charge in [-0.2, -0.15) is 0 Å². The van der Waals surface area contributed by atoms with Gasteiger partial charge in [0.15, 0.2) is 0 Å². The molecule has 0 aromatic rings. The maximum Gasteiger partial charge on any atom is 0.0565 e. The highest BCUT2D eigenvalue weighted by atomic mass is 16.5. The van der Waals surface area contributed by atoms with Gasteiger partial charge in [-0.1, -0.05) is 6.42 Å². The Morgan fingerprint density at radius 3 is 2.37 bits per heavy atom. The number of ether oxygens (including phenoxy) is 1. The van der Waals surface area contributed by atoms with Crippen molar-refractivity contribution >= 4 is 0 Å². The molecule has 3 aliphatic carbocycles. The zero-order valence-electron chi connectivity index (χ0n) is 12.5. The first-order valence-corrected chi connectivity index (χ1v) is 8.62. The van der Waals surface area contributed by atoms with E-state index in [1.54, 1.807) is 12.8 Å². The molecule has 4 fully saturated rings. The second-order valence-corrected chi connectivity index (χ2v) is 7.85. The van der Waals surface area contributed by atoms with Gasteiger partial charge < -0.3 is 10.1 Å². The van der Waals surface area contributed by atoms with E-state index in [2.05, 4.69) is 19.2 Å². The summed E-state index contributed by atoms with van der Waals surface area (Å²) in [6.07, 6.45) is 10.9. The van der Waals surface area contributed by atoms with Crippen LogP contribution in [-0.4, -0.2) is 24.3 Å². The predicted molar refractivity (Wildman–Crippen MR) is 77.0 cm³/mol. The molecule has 0 aromatic carbocycles. The molecule has 1 saturated heterocycles. The maximum absolute atomic E-state index is 5.87. The molecule has 2 nitrogen and oxygen atoms in total. The first kappa shape index (κ1) is 12.6. The third-order valence-electron chi connectivity index (χ3n) is 6.58. The number of rotatable bonds is 2. The lowest BCUT2D eigenvalue weighted by atomic mass is 9.78. The SMILES string of the molecule is CC1CC(NC2CC3CC2C2CCCC32)CC(C)O1. The third kappa shape index (κ3) is 2.15. The van der Waals surface area contributed by atoms with Crippen LogP contribution in [0.3, 0.4) is 0 Å². The van der Waals surface area contributed by atoms with Crippen molar-refractivity contribution in [3.63, 3.8) is 0 Å². The largest absolute Gasteiger partial charge is 0.375 e. The van der Waals surface area contributed by atoms with Crippen LogP contribution in [0.25, 0.3) is 0 Å². The average Bonchev–Trinajstić information content (AvgIpc) is 2.97. The summed E-state index contributed by atoms with van der Waals surface area (Å²) in [6, 6.07) is 1.55. The first-order chi connectivity index (χ1) is 9.20. The second kappa shape index (κ2) is 4.73. The lowest BCUT2D eigenvalue weighted by molar-refractivity contribution is -0.0451. The first-order valence-electron chi connectivity index (χ1n) is 8.62. The Labute approximate surface area is 117 Å². The summed E-state index contributed by atoms with van der Waals surface area (Å²) in [5, 5.41) is 4.04. The molecule has 0 aromatic heterocycles. The third-order valence-corrected chi connectivity index (χ3v) is 6.58. The van der Waals surface area contributed by atoms with Crippen molar-refractivity contribution in [1.82, 2.24) is 5.32 Å². The summed E-state index contributed by atoms with van der Waals surface area (Å²) in [6.45, 7) is 4.47. The van der Waals surface area contributed by atoms with Crippen molar-refractivity contribution in [2.75, 3.05) is 0 Å². The Balaban J connectivity index is 1.39. The van der Waals surface area contributed by atoms with E-state index in [1.807, 2.05) is 0 Å². The maximum atomic E-state index is 5.87. The minimum atomic E-state index is 0.444. The molecule has 2 heteroatoms. The molecule has 0 radical (unpaired) electrons.